The highest BCUT2D eigenvalue weighted by atomic mass is 127. The van der Waals surface area contributed by atoms with Crippen LogP contribution in [0.1, 0.15) is 27.7 Å². The highest BCUT2D eigenvalue weighted by Gasteiger charge is 2.40. The van der Waals surface area contributed by atoms with E-state index in [0.717, 1.165) is 11.5 Å². The molecule has 0 fully saturated rings. The fourth-order valence-corrected chi connectivity index (χ4v) is 3.72. The number of rotatable bonds is 5. The molecule has 0 aromatic heterocycles. The van der Waals surface area contributed by atoms with Gasteiger partial charge in [0.15, 0.2) is 0 Å². The molecule has 1 aromatic rings. The van der Waals surface area contributed by atoms with Crippen LogP contribution < -0.4 is 4.74 Å². The molecule has 0 saturated heterocycles. The third-order valence-corrected chi connectivity index (χ3v) is 9.18. The average Bonchev–Trinajstić information content (AvgIpc) is 2.34. The molecule has 1 aromatic carbocycles. The Labute approximate surface area is 148 Å². The van der Waals surface area contributed by atoms with Crippen molar-refractivity contribution in [3.05, 3.63) is 41.1 Å². The molecular formula is C16H24ClIO2Si. The van der Waals surface area contributed by atoms with E-state index in [2.05, 4.69) is 56.5 Å². The lowest BCUT2D eigenvalue weighted by Gasteiger charge is -2.38. The second-order valence-corrected chi connectivity index (χ2v) is 12.7. The third-order valence-electron chi connectivity index (χ3n) is 3.72. The minimum atomic E-state index is -1.86. The highest BCUT2D eigenvalue weighted by Crippen LogP contribution is 2.39. The highest BCUT2D eigenvalue weighted by molar-refractivity contribution is 14.1. The first-order valence-corrected chi connectivity index (χ1v) is 11.5. The minimum Gasteiger partial charge on any atom is -0.543 e. The normalized spacial score (nSPS) is 14.8. The lowest BCUT2D eigenvalue weighted by Crippen LogP contribution is -2.41. The van der Waals surface area contributed by atoms with Gasteiger partial charge < -0.3 is 9.16 Å². The second-order valence-electron chi connectivity index (χ2n) is 6.44. The SMILES string of the molecule is CC=C(O[Si](C)(C)C(C)(C)C)[C@@H](I)Oc1cccc(Cl)c1. The minimum absolute atomic E-state index is 0.160. The molecule has 0 N–H and O–H groups in total. The van der Waals surface area contributed by atoms with Gasteiger partial charge in [-0.1, -0.05) is 38.4 Å². The molecule has 0 aliphatic carbocycles. The van der Waals surface area contributed by atoms with Crippen molar-refractivity contribution in [3.63, 3.8) is 0 Å². The van der Waals surface area contributed by atoms with Gasteiger partial charge in [0.25, 0.3) is 0 Å². The first-order chi connectivity index (χ1) is 9.56. The molecule has 0 amide bonds. The predicted octanol–water partition coefficient (Wildman–Crippen LogP) is 6.41. The zero-order valence-electron chi connectivity index (χ0n) is 13.5. The summed E-state index contributed by atoms with van der Waals surface area (Å²) in [5, 5.41) is 0.830. The van der Waals surface area contributed by atoms with Crippen molar-refractivity contribution in [2.75, 3.05) is 0 Å². The summed E-state index contributed by atoms with van der Waals surface area (Å²) in [6.07, 6.45) is 1.99. The topological polar surface area (TPSA) is 18.5 Å². The standard InChI is InChI=1S/C16H24ClIO2Si/c1-7-14(20-21(5,6)16(2,3)4)15(18)19-13-10-8-9-12(17)11-13/h7-11,15H,1-6H3/t15-/m0/s1. The van der Waals surface area contributed by atoms with Crippen LogP contribution in [-0.2, 0) is 4.43 Å². The van der Waals surface area contributed by atoms with Crippen LogP contribution in [0.15, 0.2) is 36.1 Å². The van der Waals surface area contributed by atoms with E-state index in [9.17, 15) is 0 Å². The van der Waals surface area contributed by atoms with Crippen LogP contribution in [0.25, 0.3) is 0 Å². The van der Waals surface area contributed by atoms with E-state index >= 15 is 0 Å². The van der Waals surface area contributed by atoms with E-state index in [1.54, 1.807) is 0 Å². The van der Waals surface area contributed by atoms with Gasteiger partial charge in [-0.15, -0.1) is 0 Å². The number of halogens is 2. The van der Waals surface area contributed by atoms with Crippen molar-refractivity contribution in [2.45, 2.75) is 49.9 Å². The van der Waals surface area contributed by atoms with Gasteiger partial charge in [-0.05, 0) is 71.9 Å². The van der Waals surface area contributed by atoms with Crippen LogP contribution in [0.3, 0.4) is 0 Å². The molecule has 1 atom stereocenters. The van der Waals surface area contributed by atoms with Crippen molar-refractivity contribution in [3.8, 4) is 5.75 Å². The summed E-state index contributed by atoms with van der Waals surface area (Å²) in [7, 11) is -1.86. The Bertz CT molecular complexity index is 509. The fourth-order valence-electron chi connectivity index (χ4n) is 1.40. The molecular weight excluding hydrogens is 415 g/mol. The number of hydrogen-bond donors (Lipinski definition) is 0. The molecule has 0 aliphatic heterocycles. The van der Waals surface area contributed by atoms with Gasteiger partial charge in [0, 0.05) is 5.02 Å². The van der Waals surface area contributed by atoms with Crippen molar-refractivity contribution in [1.82, 2.24) is 0 Å². The third kappa shape index (κ3) is 5.49. The van der Waals surface area contributed by atoms with Gasteiger partial charge in [0.1, 0.15) is 11.5 Å². The average molecular weight is 439 g/mol. The summed E-state index contributed by atoms with van der Waals surface area (Å²) in [5.41, 5.74) is 0. The molecule has 21 heavy (non-hydrogen) atoms. The lowest BCUT2D eigenvalue weighted by atomic mass is 10.2. The fraction of sp³-hybridized carbons (Fsp3) is 0.500. The summed E-state index contributed by atoms with van der Waals surface area (Å²) in [6.45, 7) is 13.1. The van der Waals surface area contributed by atoms with Gasteiger partial charge in [0.2, 0.25) is 12.4 Å². The summed E-state index contributed by atoms with van der Waals surface area (Å²) < 4.78 is 12.1. The summed E-state index contributed by atoms with van der Waals surface area (Å²) >= 11 is 8.24. The first-order valence-electron chi connectivity index (χ1n) is 6.98. The Morgan fingerprint density at radius 2 is 1.95 bits per heavy atom. The van der Waals surface area contributed by atoms with Crippen LogP contribution in [0.4, 0.5) is 0 Å². The zero-order chi connectivity index (χ0) is 16.3. The molecule has 5 heteroatoms. The van der Waals surface area contributed by atoms with E-state index in [4.69, 9.17) is 20.8 Å². The molecule has 0 radical (unpaired) electrons. The van der Waals surface area contributed by atoms with Crippen molar-refractivity contribution in [1.29, 1.82) is 0 Å². The van der Waals surface area contributed by atoms with Gasteiger partial charge in [-0.2, -0.15) is 0 Å². The predicted molar refractivity (Wildman–Crippen MR) is 102 cm³/mol. The Kier molecular flexibility index (Phi) is 6.62. The van der Waals surface area contributed by atoms with E-state index in [1.165, 1.54) is 0 Å². The lowest BCUT2D eigenvalue weighted by molar-refractivity contribution is 0.255. The monoisotopic (exact) mass is 438 g/mol. The quantitative estimate of drug-likeness (QED) is 0.229. The molecule has 1 rings (SSSR count). The van der Waals surface area contributed by atoms with Crippen molar-refractivity contribution >= 4 is 42.5 Å². The number of alkyl halides is 1. The maximum atomic E-state index is 6.35. The Morgan fingerprint density at radius 3 is 2.43 bits per heavy atom. The Morgan fingerprint density at radius 1 is 1.33 bits per heavy atom. The van der Waals surface area contributed by atoms with Gasteiger partial charge in [-0.3, -0.25) is 0 Å². The molecule has 0 saturated carbocycles. The van der Waals surface area contributed by atoms with Gasteiger partial charge in [-0.25, -0.2) is 0 Å². The Balaban J connectivity index is 2.82. The molecule has 0 bridgehead atoms. The summed E-state index contributed by atoms with van der Waals surface area (Å²) in [5.74, 6) is 1.63. The van der Waals surface area contributed by atoms with E-state index < -0.39 is 8.32 Å². The second kappa shape index (κ2) is 7.37. The van der Waals surface area contributed by atoms with E-state index in [1.807, 2.05) is 37.3 Å². The maximum Gasteiger partial charge on any atom is 0.250 e. The Hall–Kier alpha value is -0.203. The molecule has 2 nitrogen and oxygen atoms in total. The molecule has 0 spiro atoms. The van der Waals surface area contributed by atoms with Crippen LogP contribution in [0.5, 0.6) is 5.75 Å². The summed E-state index contributed by atoms with van der Waals surface area (Å²) in [4.78, 5) is 0. The zero-order valence-corrected chi connectivity index (χ0v) is 17.4. The number of benzene rings is 1. The van der Waals surface area contributed by atoms with Crippen molar-refractivity contribution in [2.24, 2.45) is 0 Å². The van der Waals surface area contributed by atoms with Crippen LogP contribution in [0.2, 0.25) is 23.2 Å². The van der Waals surface area contributed by atoms with E-state index in [-0.39, 0.29) is 9.15 Å². The number of allylic oxidation sites excluding steroid dienone is 1. The number of ether oxygens (including phenoxy) is 1. The molecule has 0 heterocycles. The summed E-state index contributed by atoms with van der Waals surface area (Å²) in [6, 6.07) is 7.42. The smallest absolute Gasteiger partial charge is 0.250 e. The van der Waals surface area contributed by atoms with Gasteiger partial charge >= 0.3 is 0 Å². The van der Waals surface area contributed by atoms with Crippen LogP contribution >= 0.6 is 34.2 Å². The number of hydrogen-bond acceptors (Lipinski definition) is 2. The largest absolute Gasteiger partial charge is 0.543 e. The maximum absolute atomic E-state index is 6.35. The molecule has 0 unspecified atom stereocenters. The van der Waals surface area contributed by atoms with Gasteiger partial charge in [0.05, 0.1) is 0 Å². The van der Waals surface area contributed by atoms with Crippen LogP contribution in [0, 0.1) is 0 Å². The first kappa shape index (κ1) is 18.8. The molecule has 0 aliphatic rings. The van der Waals surface area contributed by atoms with E-state index in [0.29, 0.717) is 5.02 Å². The molecule has 118 valence electrons. The van der Waals surface area contributed by atoms with Crippen LogP contribution in [-0.4, -0.2) is 12.4 Å². The van der Waals surface area contributed by atoms with Crippen molar-refractivity contribution < 1.29 is 9.16 Å².